The number of rotatable bonds is 0. The molecule has 0 aliphatic heterocycles. The van der Waals surface area contributed by atoms with Crippen LogP contribution in [0.5, 0.6) is 0 Å². The van der Waals surface area contributed by atoms with Gasteiger partial charge in [-0.05, 0) is 200 Å². The fourth-order valence-electron chi connectivity index (χ4n) is 6.86. The first kappa shape index (κ1) is 22.2. The first-order valence-corrected chi connectivity index (χ1v) is 12.5. The summed E-state index contributed by atoms with van der Waals surface area (Å²) in [6.07, 6.45) is 1.06. The van der Waals surface area contributed by atoms with Crippen molar-refractivity contribution in [3.63, 3.8) is 0 Å². The molecule has 0 unspecified atom stereocenters. The lowest BCUT2D eigenvalue weighted by Crippen LogP contribution is -2.02. The Hall–Kier alpha value is -2.60. The van der Waals surface area contributed by atoms with Crippen molar-refractivity contribution >= 4 is 21.5 Å². The SMILES string of the molecule is Cc1c(C)c(C)c2c3c(c(C)c(C)c2c1C)Cc1c(C)c(C)c2c(C)c(C)c(C)c(C)c2c1-3. The molecule has 0 atom stereocenters. The maximum atomic E-state index is 2.36. The van der Waals surface area contributed by atoms with Crippen molar-refractivity contribution in [3.05, 3.63) is 77.9 Å². The number of benzene rings is 4. The molecule has 4 aromatic carbocycles. The molecule has 0 spiro atoms. The molecule has 33 heavy (non-hydrogen) atoms. The first-order chi connectivity index (χ1) is 15.4. The third-order valence-electron chi connectivity index (χ3n) is 9.86. The Kier molecular flexibility index (Phi) is 4.68. The van der Waals surface area contributed by atoms with Crippen LogP contribution >= 0.6 is 0 Å². The standard InChI is InChI=1S/C33H38/c1-14-16(3)22(9)30-28(20(14)7)24(11)18(5)26-13-27-19(6)25(12)29-21(8)15(2)17(4)23(10)31(29)33(27)32(26)30/h13H2,1-12H3. The van der Waals surface area contributed by atoms with Crippen LogP contribution in [0.1, 0.15) is 77.9 Å². The van der Waals surface area contributed by atoms with Crippen LogP contribution in [0.2, 0.25) is 0 Å². The van der Waals surface area contributed by atoms with Gasteiger partial charge in [-0.15, -0.1) is 0 Å². The average molecular weight is 435 g/mol. The summed E-state index contributed by atoms with van der Waals surface area (Å²) in [5, 5.41) is 5.99. The zero-order valence-electron chi connectivity index (χ0n) is 22.7. The van der Waals surface area contributed by atoms with Crippen LogP contribution in [-0.4, -0.2) is 0 Å². The average Bonchev–Trinajstić information content (AvgIpc) is 3.18. The predicted molar refractivity (Wildman–Crippen MR) is 147 cm³/mol. The Balaban J connectivity index is 2.17. The molecule has 0 aromatic heterocycles. The molecule has 0 saturated heterocycles. The summed E-state index contributed by atoms with van der Waals surface area (Å²) in [5.74, 6) is 0. The summed E-state index contributed by atoms with van der Waals surface area (Å²) in [6.45, 7) is 28.0. The molecule has 0 saturated carbocycles. The summed E-state index contributed by atoms with van der Waals surface area (Å²) in [4.78, 5) is 0. The van der Waals surface area contributed by atoms with Gasteiger partial charge in [0.2, 0.25) is 0 Å². The molecular weight excluding hydrogens is 396 g/mol. The van der Waals surface area contributed by atoms with Crippen LogP contribution in [0.3, 0.4) is 0 Å². The minimum Gasteiger partial charge on any atom is -0.0444 e. The lowest BCUT2D eigenvalue weighted by atomic mass is 9.80. The quantitative estimate of drug-likeness (QED) is 0.228. The zero-order chi connectivity index (χ0) is 24.3. The fourth-order valence-corrected chi connectivity index (χ4v) is 6.86. The summed E-state index contributed by atoms with van der Waals surface area (Å²) in [6, 6.07) is 0. The second kappa shape index (κ2) is 6.95. The van der Waals surface area contributed by atoms with Crippen LogP contribution < -0.4 is 0 Å². The molecule has 0 heterocycles. The van der Waals surface area contributed by atoms with Crippen molar-refractivity contribution in [3.8, 4) is 11.1 Å². The largest absolute Gasteiger partial charge is 0.0444 e. The van der Waals surface area contributed by atoms with Crippen LogP contribution in [0, 0.1) is 83.1 Å². The second-order valence-corrected chi connectivity index (χ2v) is 10.9. The van der Waals surface area contributed by atoms with Gasteiger partial charge in [0, 0.05) is 0 Å². The van der Waals surface area contributed by atoms with Crippen molar-refractivity contribution in [2.24, 2.45) is 0 Å². The molecule has 0 nitrogen and oxygen atoms in total. The molecule has 4 aromatic rings. The third-order valence-corrected chi connectivity index (χ3v) is 9.86. The van der Waals surface area contributed by atoms with E-state index in [1.165, 1.54) is 99.4 Å². The van der Waals surface area contributed by atoms with Gasteiger partial charge in [-0.3, -0.25) is 0 Å². The smallest absolute Gasteiger partial charge is 0.000753 e. The van der Waals surface area contributed by atoms with Crippen molar-refractivity contribution in [2.75, 3.05) is 0 Å². The Morgan fingerprint density at radius 2 is 0.515 bits per heavy atom. The van der Waals surface area contributed by atoms with E-state index in [1.54, 1.807) is 11.1 Å². The van der Waals surface area contributed by atoms with E-state index in [1.807, 2.05) is 0 Å². The van der Waals surface area contributed by atoms with Crippen LogP contribution in [0.25, 0.3) is 32.7 Å². The summed E-state index contributed by atoms with van der Waals surface area (Å²) < 4.78 is 0. The lowest BCUT2D eigenvalue weighted by molar-refractivity contribution is 1.16. The Morgan fingerprint density at radius 1 is 0.273 bits per heavy atom. The van der Waals surface area contributed by atoms with Crippen molar-refractivity contribution < 1.29 is 0 Å². The van der Waals surface area contributed by atoms with E-state index < -0.39 is 0 Å². The molecule has 1 aliphatic rings. The summed E-state index contributed by atoms with van der Waals surface area (Å²) in [7, 11) is 0. The van der Waals surface area contributed by atoms with E-state index in [0.717, 1.165) is 6.42 Å². The molecule has 0 fully saturated rings. The third kappa shape index (κ3) is 2.53. The van der Waals surface area contributed by atoms with Gasteiger partial charge in [0.1, 0.15) is 0 Å². The number of hydrogen-bond donors (Lipinski definition) is 0. The number of hydrogen-bond acceptors (Lipinski definition) is 0. The maximum Gasteiger partial charge on any atom is -0.000753 e. The van der Waals surface area contributed by atoms with Crippen molar-refractivity contribution in [1.82, 2.24) is 0 Å². The zero-order valence-corrected chi connectivity index (χ0v) is 22.7. The number of fused-ring (bicyclic) bond motifs is 7. The normalized spacial score (nSPS) is 12.7. The van der Waals surface area contributed by atoms with Gasteiger partial charge in [-0.1, -0.05) is 0 Å². The highest BCUT2D eigenvalue weighted by Crippen LogP contribution is 2.53. The van der Waals surface area contributed by atoms with Gasteiger partial charge in [-0.25, -0.2) is 0 Å². The van der Waals surface area contributed by atoms with E-state index in [9.17, 15) is 0 Å². The van der Waals surface area contributed by atoms with E-state index in [2.05, 4.69) is 83.1 Å². The predicted octanol–water partition coefficient (Wildman–Crippen LogP) is 9.27. The highest BCUT2D eigenvalue weighted by Gasteiger charge is 2.32. The molecule has 170 valence electrons. The molecule has 0 radical (unpaired) electrons. The molecule has 0 amide bonds. The van der Waals surface area contributed by atoms with E-state index in [4.69, 9.17) is 0 Å². The summed E-state index contributed by atoms with van der Waals surface area (Å²) in [5.41, 5.74) is 23.7. The van der Waals surface area contributed by atoms with Gasteiger partial charge in [0.15, 0.2) is 0 Å². The molecule has 0 bridgehead atoms. The van der Waals surface area contributed by atoms with Gasteiger partial charge in [0.25, 0.3) is 0 Å². The van der Waals surface area contributed by atoms with Gasteiger partial charge >= 0.3 is 0 Å². The van der Waals surface area contributed by atoms with Crippen LogP contribution in [0.15, 0.2) is 0 Å². The molecule has 1 aliphatic carbocycles. The lowest BCUT2D eigenvalue weighted by Gasteiger charge is -2.24. The van der Waals surface area contributed by atoms with E-state index in [-0.39, 0.29) is 0 Å². The molecule has 0 heteroatoms. The van der Waals surface area contributed by atoms with E-state index in [0.29, 0.717) is 0 Å². The minimum absolute atomic E-state index is 1.06. The monoisotopic (exact) mass is 434 g/mol. The Labute approximate surface area is 200 Å². The molecule has 0 N–H and O–H groups in total. The van der Waals surface area contributed by atoms with Gasteiger partial charge in [0.05, 0.1) is 0 Å². The summed E-state index contributed by atoms with van der Waals surface area (Å²) >= 11 is 0. The molecule has 5 rings (SSSR count). The first-order valence-electron chi connectivity index (χ1n) is 12.5. The fraction of sp³-hybridized carbons (Fsp3) is 0.394. The molecular formula is C33H38. The highest BCUT2D eigenvalue weighted by atomic mass is 14.3. The highest BCUT2D eigenvalue weighted by molar-refractivity contribution is 6.16. The number of aryl methyl sites for hydroxylation is 6. The van der Waals surface area contributed by atoms with Crippen molar-refractivity contribution in [1.29, 1.82) is 0 Å². The maximum absolute atomic E-state index is 2.36. The van der Waals surface area contributed by atoms with Crippen LogP contribution in [-0.2, 0) is 6.42 Å². The van der Waals surface area contributed by atoms with E-state index >= 15 is 0 Å². The van der Waals surface area contributed by atoms with Crippen molar-refractivity contribution in [2.45, 2.75) is 89.5 Å². The Bertz CT molecular complexity index is 1450. The van der Waals surface area contributed by atoms with Crippen LogP contribution in [0.4, 0.5) is 0 Å². The topological polar surface area (TPSA) is 0 Å². The Morgan fingerprint density at radius 3 is 0.818 bits per heavy atom. The van der Waals surface area contributed by atoms with Gasteiger partial charge < -0.3 is 0 Å². The second-order valence-electron chi connectivity index (χ2n) is 10.9. The minimum atomic E-state index is 1.06. The van der Waals surface area contributed by atoms with Gasteiger partial charge in [-0.2, -0.15) is 0 Å².